The summed E-state index contributed by atoms with van der Waals surface area (Å²) in [4.78, 5) is 3.57. The summed E-state index contributed by atoms with van der Waals surface area (Å²) in [5.74, 6) is 0. The molecule has 1 N–H and O–H groups in total. The van der Waals surface area contributed by atoms with Crippen molar-refractivity contribution in [2.24, 2.45) is 0 Å². The minimum absolute atomic E-state index is 0.0625. The van der Waals surface area contributed by atoms with Gasteiger partial charge in [-0.1, -0.05) is 0 Å². The van der Waals surface area contributed by atoms with Crippen molar-refractivity contribution < 1.29 is 17.9 Å². The van der Waals surface area contributed by atoms with E-state index in [0.717, 1.165) is 5.52 Å². The van der Waals surface area contributed by atoms with Gasteiger partial charge in [0.1, 0.15) is 0 Å². The molecule has 2 atom stereocenters. The summed E-state index contributed by atoms with van der Waals surface area (Å²) >= 11 is -3.85. The van der Waals surface area contributed by atoms with Crippen molar-refractivity contribution in [2.45, 2.75) is 14.2 Å². The molecular formula is C27H21Cl2NZr. The fourth-order valence-electron chi connectivity index (χ4n) is 5.37. The zero-order valence-electron chi connectivity index (χ0n) is 17.1. The second-order valence-corrected chi connectivity index (χ2v) is 23.3. The Morgan fingerprint density at radius 2 is 1.48 bits per heavy atom. The maximum atomic E-state index is 7.59. The second-order valence-electron chi connectivity index (χ2n) is 8.47. The van der Waals surface area contributed by atoms with E-state index in [1.807, 2.05) is 0 Å². The Bertz CT molecular complexity index is 1400. The molecular weight excluding hydrogens is 500 g/mol. The van der Waals surface area contributed by atoms with Gasteiger partial charge in [-0.2, -0.15) is 0 Å². The molecule has 3 aromatic carbocycles. The van der Waals surface area contributed by atoms with Gasteiger partial charge in [0, 0.05) is 0 Å². The summed E-state index contributed by atoms with van der Waals surface area (Å²) in [6.07, 6.45) is 6.77. The average molecular weight is 522 g/mol. The Balaban J connectivity index is 1.56. The quantitative estimate of drug-likeness (QED) is 0.279. The first kappa shape index (κ1) is 19.8. The zero-order chi connectivity index (χ0) is 21.2. The van der Waals surface area contributed by atoms with Crippen molar-refractivity contribution in [2.75, 3.05) is 0 Å². The van der Waals surface area contributed by atoms with Gasteiger partial charge in [-0.3, -0.25) is 0 Å². The van der Waals surface area contributed by atoms with Gasteiger partial charge < -0.3 is 0 Å². The third-order valence-corrected chi connectivity index (χ3v) is 18.8. The molecule has 6 rings (SSSR count). The number of hydrogen-bond acceptors (Lipinski definition) is 0. The maximum absolute atomic E-state index is 7.59. The summed E-state index contributed by atoms with van der Waals surface area (Å²) < 4.78 is 0.187. The van der Waals surface area contributed by atoms with E-state index < -0.39 is 17.9 Å². The van der Waals surface area contributed by atoms with Gasteiger partial charge in [-0.05, 0) is 0 Å². The van der Waals surface area contributed by atoms with E-state index in [9.17, 15) is 0 Å². The van der Waals surface area contributed by atoms with Crippen molar-refractivity contribution in [3.63, 3.8) is 0 Å². The van der Waals surface area contributed by atoms with Crippen molar-refractivity contribution in [3.05, 3.63) is 112 Å². The number of benzene rings is 3. The Labute approximate surface area is 193 Å². The first-order valence-electron chi connectivity index (χ1n) is 10.6. The molecule has 2 aliphatic carbocycles. The van der Waals surface area contributed by atoms with Crippen LogP contribution >= 0.6 is 17.0 Å². The average Bonchev–Trinajstić information content (AvgIpc) is 3.45. The topological polar surface area (TPSA) is 15.8 Å². The molecule has 0 saturated heterocycles. The summed E-state index contributed by atoms with van der Waals surface area (Å²) in [5, 5.41) is 1.24. The van der Waals surface area contributed by atoms with Crippen LogP contribution in [0.5, 0.6) is 0 Å². The fraction of sp³-hybridized carbons (Fsp3) is 0.111. The monoisotopic (exact) mass is 519 g/mol. The molecule has 0 fully saturated rings. The number of fused-ring (bicyclic) bond motifs is 3. The van der Waals surface area contributed by atoms with Crippen LogP contribution < -0.4 is 0 Å². The van der Waals surface area contributed by atoms with Crippen LogP contribution in [0.1, 0.15) is 40.8 Å². The Kier molecular flexibility index (Phi) is 4.69. The molecule has 0 amide bonds. The molecule has 4 aromatic rings. The van der Waals surface area contributed by atoms with E-state index >= 15 is 0 Å². The van der Waals surface area contributed by atoms with E-state index in [0.29, 0.717) is 0 Å². The van der Waals surface area contributed by atoms with E-state index in [-0.39, 0.29) is 7.25 Å². The van der Waals surface area contributed by atoms with Gasteiger partial charge in [-0.25, -0.2) is 0 Å². The molecule has 1 heterocycles. The van der Waals surface area contributed by atoms with Crippen molar-refractivity contribution in [1.82, 2.24) is 4.98 Å². The molecule has 2 unspecified atom stereocenters. The number of aryl methyl sites for hydroxylation is 1. The number of rotatable bonds is 3. The molecule has 4 heteroatoms. The number of H-pyrrole nitrogens is 1. The van der Waals surface area contributed by atoms with Gasteiger partial charge in [0.05, 0.1) is 0 Å². The Hall–Kier alpha value is -1.86. The van der Waals surface area contributed by atoms with Crippen LogP contribution in [0.3, 0.4) is 0 Å². The number of aromatic amines is 1. The van der Waals surface area contributed by atoms with Crippen LogP contribution in [0, 0.1) is 6.92 Å². The molecule has 2 aliphatic rings. The summed E-state index contributed by atoms with van der Waals surface area (Å²) in [6.45, 7) is 2.15. The van der Waals surface area contributed by atoms with Gasteiger partial charge in [-0.15, -0.1) is 0 Å². The number of para-hydroxylation sites is 1. The van der Waals surface area contributed by atoms with Crippen LogP contribution in [-0.2, 0) is 17.9 Å². The molecule has 1 aromatic heterocycles. The predicted octanol–water partition coefficient (Wildman–Crippen LogP) is 8.30. The zero-order valence-corrected chi connectivity index (χ0v) is 21.0. The third-order valence-electron chi connectivity index (χ3n) is 6.71. The third kappa shape index (κ3) is 2.99. The van der Waals surface area contributed by atoms with Crippen molar-refractivity contribution in [1.29, 1.82) is 0 Å². The first-order chi connectivity index (χ1) is 15.1. The SMILES string of the molecule is Cc1[nH]c2ccccc2c1C1=Cc2ccccc2[CH]1[Zr]([Cl])([Cl])[CH]1C=Cc2ccccc21. The van der Waals surface area contributed by atoms with Gasteiger partial charge in [0.15, 0.2) is 0 Å². The fourth-order valence-corrected chi connectivity index (χ4v) is 17.1. The molecule has 0 aliphatic heterocycles. The van der Waals surface area contributed by atoms with Crippen LogP contribution in [0.4, 0.5) is 0 Å². The molecule has 0 bridgehead atoms. The number of aromatic nitrogens is 1. The number of hydrogen-bond donors (Lipinski definition) is 1. The standard InChI is InChI=1S/C18H14N.C9H7.2ClH.Zr/c1-12-18(16-8-4-5-9-17(16)19-12)15-10-13-6-2-3-7-14(13)11-15;1-2-5-9-7-3-6-8(9)4-1;;;/h2-11,19H,1H3;1-7H;2*1H;/q;;;;+2/p-2. The summed E-state index contributed by atoms with van der Waals surface area (Å²) in [6, 6.07) is 25.6. The van der Waals surface area contributed by atoms with E-state index in [4.69, 9.17) is 17.0 Å². The molecule has 0 radical (unpaired) electrons. The number of nitrogens with one attached hydrogen (secondary N) is 1. The van der Waals surface area contributed by atoms with Crippen molar-refractivity contribution >= 4 is 45.7 Å². The van der Waals surface area contributed by atoms with Gasteiger partial charge >= 0.3 is 195 Å². The molecule has 1 nitrogen and oxygen atoms in total. The Morgan fingerprint density at radius 3 is 2.32 bits per heavy atom. The molecule has 0 spiro atoms. The van der Waals surface area contributed by atoms with Crippen LogP contribution in [0.25, 0.3) is 28.6 Å². The van der Waals surface area contributed by atoms with Gasteiger partial charge in [0.2, 0.25) is 0 Å². The van der Waals surface area contributed by atoms with Gasteiger partial charge in [0.25, 0.3) is 0 Å². The summed E-state index contributed by atoms with van der Waals surface area (Å²) in [7, 11) is 15.2. The first-order valence-corrected chi connectivity index (χ1v) is 19.8. The molecule has 152 valence electrons. The number of halogens is 2. The van der Waals surface area contributed by atoms with E-state index in [1.54, 1.807) is 0 Å². The predicted molar refractivity (Wildman–Crippen MR) is 130 cm³/mol. The molecule has 31 heavy (non-hydrogen) atoms. The van der Waals surface area contributed by atoms with E-state index in [2.05, 4.69) is 103 Å². The second kappa shape index (κ2) is 7.34. The number of allylic oxidation sites excluding steroid dienone is 2. The Morgan fingerprint density at radius 1 is 0.806 bits per heavy atom. The summed E-state index contributed by atoms with van der Waals surface area (Å²) in [5.41, 5.74) is 9.90. The van der Waals surface area contributed by atoms with Crippen LogP contribution in [0.15, 0.2) is 78.9 Å². The van der Waals surface area contributed by atoms with E-state index in [1.165, 1.54) is 44.5 Å². The normalized spacial score (nSPS) is 19.5. The molecule has 0 saturated carbocycles. The van der Waals surface area contributed by atoms with Crippen LogP contribution in [0.2, 0.25) is 0 Å². The minimum atomic E-state index is -3.85. The van der Waals surface area contributed by atoms with Crippen LogP contribution in [-0.4, -0.2) is 4.98 Å². The van der Waals surface area contributed by atoms with Crippen molar-refractivity contribution in [3.8, 4) is 0 Å².